The van der Waals surface area contributed by atoms with E-state index in [2.05, 4.69) is 25.8 Å². The predicted molar refractivity (Wildman–Crippen MR) is 80.4 cm³/mol. The lowest BCUT2D eigenvalue weighted by Gasteiger charge is -2.20. The lowest BCUT2D eigenvalue weighted by molar-refractivity contribution is 0.852. The zero-order valence-corrected chi connectivity index (χ0v) is 12.4. The second kappa shape index (κ2) is 6.21. The van der Waals surface area contributed by atoms with Crippen molar-refractivity contribution in [2.24, 2.45) is 0 Å². The molecule has 0 bridgehead atoms. The number of pyridine rings is 1. The Hall–Kier alpha value is -1.06. The first kappa shape index (κ1) is 13.4. The van der Waals surface area contributed by atoms with Gasteiger partial charge in [-0.2, -0.15) is 0 Å². The summed E-state index contributed by atoms with van der Waals surface area (Å²) in [7, 11) is 2.04. The largest absolute Gasteiger partial charge is 0.373 e. The van der Waals surface area contributed by atoms with Crippen LogP contribution in [0.1, 0.15) is 5.69 Å². The summed E-state index contributed by atoms with van der Waals surface area (Å²) in [5.74, 6) is 0. The van der Waals surface area contributed by atoms with Crippen LogP contribution < -0.4 is 4.90 Å². The Labute approximate surface area is 121 Å². The molecule has 18 heavy (non-hydrogen) atoms. The van der Waals surface area contributed by atoms with Gasteiger partial charge >= 0.3 is 0 Å². The van der Waals surface area contributed by atoms with Crippen molar-refractivity contribution < 1.29 is 0 Å². The van der Waals surface area contributed by atoms with Gasteiger partial charge in [0.05, 0.1) is 10.7 Å². The van der Waals surface area contributed by atoms with Crippen LogP contribution in [-0.4, -0.2) is 18.6 Å². The first-order chi connectivity index (χ1) is 8.66. The van der Waals surface area contributed by atoms with Crippen molar-refractivity contribution in [3.05, 3.63) is 57.8 Å². The molecule has 0 unspecified atom stereocenters. The van der Waals surface area contributed by atoms with Crippen molar-refractivity contribution in [1.29, 1.82) is 0 Å². The van der Waals surface area contributed by atoms with E-state index in [1.54, 1.807) is 0 Å². The molecule has 0 aliphatic heterocycles. The molecule has 0 N–H and O–H groups in total. The quantitative estimate of drug-likeness (QED) is 0.838. The Bertz CT molecular complexity index is 516. The van der Waals surface area contributed by atoms with E-state index in [9.17, 15) is 0 Å². The van der Waals surface area contributed by atoms with Crippen LogP contribution in [0.2, 0.25) is 5.02 Å². The molecular formula is C14H14BrClN2. The summed E-state index contributed by atoms with van der Waals surface area (Å²) in [5, 5.41) is 0.757. The van der Waals surface area contributed by atoms with Crippen LogP contribution >= 0.6 is 27.5 Å². The predicted octanol–water partition coefficient (Wildman–Crippen LogP) is 4.18. The van der Waals surface area contributed by atoms with Crippen molar-refractivity contribution in [3.8, 4) is 0 Å². The Morgan fingerprint density at radius 2 is 2.11 bits per heavy atom. The minimum absolute atomic E-state index is 0.757. The standard InChI is InChI=1S/C14H14BrClN2/c1-18(9-7-12-4-2-3-8-17-12)14-6-5-11(15)10-13(14)16/h2-6,8,10H,7,9H2,1H3. The Balaban J connectivity index is 2.01. The fourth-order valence-electron chi connectivity index (χ4n) is 1.74. The molecule has 1 aromatic carbocycles. The molecule has 0 saturated heterocycles. The number of hydrogen-bond donors (Lipinski definition) is 0. The van der Waals surface area contributed by atoms with Gasteiger partial charge in [0, 0.05) is 36.4 Å². The molecule has 2 nitrogen and oxygen atoms in total. The average molecular weight is 326 g/mol. The molecule has 2 aromatic rings. The zero-order chi connectivity index (χ0) is 13.0. The van der Waals surface area contributed by atoms with Gasteiger partial charge in [-0.3, -0.25) is 4.98 Å². The Morgan fingerprint density at radius 1 is 1.28 bits per heavy atom. The molecule has 4 heteroatoms. The molecule has 1 heterocycles. The minimum atomic E-state index is 0.757. The maximum atomic E-state index is 6.22. The first-order valence-electron chi connectivity index (χ1n) is 5.73. The highest BCUT2D eigenvalue weighted by atomic mass is 79.9. The van der Waals surface area contributed by atoms with Crippen molar-refractivity contribution >= 4 is 33.2 Å². The van der Waals surface area contributed by atoms with E-state index in [0.29, 0.717) is 0 Å². The van der Waals surface area contributed by atoms with Crippen LogP contribution in [0.15, 0.2) is 47.1 Å². The van der Waals surface area contributed by atoms with Gasteiger partial charge in [-0.1, -0.05) is 33.6 Å². The number of rotatable bonds is 4. The molecule has 0 saturated carbocycles. The zero-order valence-electron chi connectivity index (χ0n) is 10.1. The maximum Gasteiger partial charge on any atom is 0.0650 e. The molecule has 0 aliphatic carbocycles. The Kier molecular flexibility index (Phi) is 4.61. The summed E-state index contributed by atoms with van der Waals surface area (Å²) in [6, 6.07) is 11.9. The minimum Gasteiger partial charge on any atom is -0.373 e. The molecular weight excluding hydrogens is 312 g/mol. The molecule has 0 atom stereocenters. The van der Waals surface area contributed by atoms with Gasteiger partial charge in [-0.05, 0) is 30.3 Å². The van der Waals surface area contributed by atoms with Crippen molar-refractivity contribution in [2.45, 2.75) is 6.42 Å². The number of likely N-dealkylation sites (N-methyl/N-ethyl adjacent to an activating group) is 1. The van der Waals surface area contributed by atoms with Crippen LogP contribution in [0, 0.1) is 0 Å². The lowest BCUT2D eigenvalue weighted by atomic mass is 10.2. The normalized spacial score (nSPS) is 10.4. The number of benzene rings is 1. The smallest absolute Gasteiger partial charge is 0.0650 e. The van der Waals surface area contributed by atoms with Crippen LogP contribution in [0.5, 0.6) is 0 Å². The molecule has 0 fully saturated rings. The molecule has 0 radical (unpaired) electrons. The lowest BCUT2D eigenvalue weighted by Crippen LogP contribution is -2.20. The second-order valence-electron chi connectivity index (χ2n) is 4.09. The van der Waals surface area contributed by atoms with Crippen LogP contribution in [0.25, 0.3) is 0 Å². The monoisotopic (exact) mass is 324 g/mol. The van der Waals surface area contributed by atoms with Crippen molar-refractivity contribution in [1.82, 2.24) is 4.98 Å². The van der Waals surface area contributed by atoms with E-state index in [1.165, 1.54) is 0 Å². The van der Waals surface area contributed by atoms with E-state index in [-0.39, 0.29) is 0 Å². The highest BCUT2D eigenvalue weighted by Crippen LogP contribution is 2.28. The van der Waals surface area contributed by atoms with Gasteiger partial charge in [0.2, 0.25) is 0 Å². The van der Waals surface area contributed by atoms with Gasteiger partial charge in [-0.25, -0.2) is 0 Å². The van der Waals surface area contributed by atoms with Gasteiger partial charge < -0.3 is 4.90 Å². The van der Waals surface area contributed by atoms with Gasteiger partial charge in [0.15, 0.2) is 0 Å². The molecule has 94 valence electrons. The SMILES string of the molecule is CN(CCc1ccccn1)c1ccc(Br)cc1Cl. The highest BCUT2D eigenvalue weighted by molar-refractivity contribution is 9.10. The van der Waals surface area contributed by atoms with Crippen LogP contribution in [-0.2, 0) is 6.42 Å². The molecule has 2 rings (SSSR count). The van der Waals surface area contributed by atoms with E-state index >= 15 is 0 Å². The van der Waals surface area contributed by atoms with E-state index in [0.717, 1.165) is 33.8 Å². The third kappa shape index (κ3) is 3.47. The highest BCUT2D eigenvalue weighted by Gasteiger charge is 2.06. The summed E-state index contributed by atoms with van der Waals surface area (Å²) < 4.78 is 0.995. The molecule has 0 amide bonds. The summed E-state index contributed by atoms with van der Waals surface area (Å²) in [4.78, 5) is 6.46. The van der Waals surface area contributed by atoms with Gasteiger partial charge in [0.25, 0.3) is 0 Å². The Morgan fingerprint density at radius 3 is 2.78 bits per heavy atom. The van der Waals surface area contributed by atoms with E-state index in [1.807, 2.05) is 49.6 Å². The van der Waals surface area contributed by atoms with Crippen LogP contribution in [0.4, 0.5) is 5.69 Å². The van der Waals surface area contributed by atoms with Gasteiger partial charge in [-0.15, -0.1) is 0 Å². The maximum absolute atomic E-state index is 6.22. The summed E-state index contributed by atoms with van der Waals surface area (Å²) in [6.07, 6.45) is 2.73. The molecule has 0 spiro atoms. The average Bonchev–Trinajstić information content (AvgIpc) is 2.37. The summed E-state index contributed by atoms with van der Waals surface area (Å²) in [6.45, 7) is 0.887. The third-order valence-electron chi connectivity index (χ3n) is 2.75. The molecule has 0 aliphatic rings. The van der Waals surface area contributed by atoms with Gasteiger partial charge in [0.1, 0.15) is 0 Å². The van der Waals surface area contributed by atoms with E-state index < -0.39 is 0 Å². The molecule has 1 aromatic heterocycles. The summed E-state index contributed by atoms with van der Waals surface area (Å²) in [5.41, 5.74) is 2.13. The second-order valence-corrected chi connectivity index (χ2v) is 5.41. The fourth-order valence-corrected chi connectivity index (χ4v) is 2.56. The number of anilines is 1. The number of hydrogen-bond acceptors (Lipinski definition) is 2. The number of halogens is 2. The first-order valence-corrected chi connectivity index (χ1v) is 6.90. The fraction of sp³-hybridized carbons (Fsp3) is 0.214. The number of aromatic nitrogens is 1. The van der Waals surface area contributed by atoms with Crippen LogP contribution in [0.3, 0.4) is 0 Å². The van der Waals surface area contributed by atoms with Crippen molar-refractivity contribution in [3.63, 3.8) is 0 Å². The van der Waals surface area contributed by atoms with E-state index in [4.69, 9.17) is 11.6 Å². The topological polar surface area (TPSA) is 16.1 Å². The number of nitrogens with zero attached hydrogens (tertiary/aromatic N) is 2. The third-order valence-corrected chi connectivity index (χ3v) is 3.55. The summed E-state index contributed by atoms with van der Waals surface area (Å²) >= 11 is 9.63. The van der Waals surface area contributed by atoms with Crippen molar-refractivity contribution in [2.75, 3.05) is 18.5 Å².